The lowest BCUT2D eigenvalue weighted by Gasteiger charge is -2.37. The summed E-state index contributed by atoms with van der Waals surface area (Å²) in [5.41, 5.74) is 5.34. The SMILES string of the molecule is CCN[C@]1(c2cccc(O)c2)CCCCC1=O.CCN[C@]1(c2cccc(OC)c2)CCCCC1=O.CCN[C@]1(c2ccccc2)CCCCC1=O.CN[C@]1(c2ccc(OC)cc2)CCCCC1=O.CN[C@]1(c2cccc(Cl)c2)CCCCC1=O.CN[C@]1(c2cccc(O)c2)CCCCC1=O.CN[C@]1(c2cccc(OC)c2)CCCCC1=O.CN[C@]1(c2ccccc2C)CCCCC1=O. The van der Waals surface area contributed by atoms with Gasteiger partial charge >= 0.3 is 0 Å². The predicted octanol–water partition coefficient (Wildman–Crippen LogP) is 19.5. The largest absolute Gasteiger partial charge is 0.508 e. The highest BCUT2D eigenvalue weighted by atomic mass is 35.5. The number of rotatable bonds is 22. The maximum absolute atomic E-state index is 12.4. The van der Waals surface area contributed by atoms with Crippen LogP contribution in [-0.4, -0.2) is 133 Å². The number of carbonyl (C=O) groups is 8. The van der Waals surface area contributed by atoms with Crippen molar-refractivity contribution in [3.63, 3.8) is 0 Å². The molecule has 0 spiro atoms. The van der Waals surface area contributed by atoms with E-state index in [1.54, 1.807) is 57.7 Å². The standard InChI is InChI=1S/C15H21NO2.3C14H19NO2.2C14H19NO.C13H16ClNO.C13H17NO2/c1-3-16-15(10-5-4-9-14(15)17)12-7-6-8-13(11-12)18-2;1-15-14(9-4-3-8-13(14)16)11-6-5-7-12(10-11)17-2;1-15-14(10-4-3-5-13(14)16)11-6-8-12(17-2)9-7-11;1-2-15-14(9-4-3-8-13(14)17)11-6-5-7-12(16)10-11;1-11-7-3-4-8-12(11)14(15-2)10-6-5-9-13(14)16;1-2-15-14(11-7-6-10-13(14)16)12-8-4-3-5-9-12;1-15-13(8-3-2-7-12(13)16)10-5-4-6-11(14)9-10;1-14-13(8-3-2-7-12(13)16)10-5-4-6-11(15)9-10/h6-8,11,16H,3-5,9-10H2,1-2H3;5-7,10,15H,3-4,8-9H2,1-2H3;6-9,15H,3-5,10H2,1-2H3;5-7,10,15-16H,2-4,8-9H2,1H3;3-4,7-8,15H,5-6,9-10H2,1-2H3;3-5,8-9,15H,2,6-7,10-11H2,1H3;4-6,9,15H,2-3,7-8H2,1H3;4-6,9,14-15H,2-3,7-8H2,1H3/t15-;5*14-;2*13-/m00000000/s1. The number of halogens is 1. The quantitative estimate of drug-likeness (QED) is 0.0301. The van der Waals surface area contributed by atoms with E-state index < -0.39 is 44.3 Å². The van der Waals surface area contributed by atoms with Crippen LogP contribution >= 0.6 is 11.6 Å². The molecule has 0 aliphatic heterocycles. The van der Waals surface area contributed by atoms with Gasteiger partial charge in [-0.25, -0.2) is 0 Å². The lowest BCUT2D eigenvalue weighted by Crippen LogP contribution is -2.50. The van der Waals surface area contributed by atoms with E-state index >= 15 is 0 Å². The van der Waals surface area contributed by atoms with E-state index in [4.69, 9.17) is 25.8 Å². The number of hydrogen-bond acceptors (Lipinski definition) is 21. The third-order valence-electron chi connectivity index (χ3n) is 28.6. The number of hydrogen-bond donors (Lipinski definition) is 10. The van der Waals surface area contributed by atoms with Gasteiger partial charge in [-0.2, -0.15) is 0 Å². The molecule has 8 saturated carbocycles. The van der Waals surface area contributed by atoms with Crippen molar-refractivity contribution in [2.45, 2.75) is 277 Å². The summed E-state index contributed by atoms with van der Waals surface area (Å²) >= 11 is 5.99. The zero-order valence-corrected chi connectivity index (χ0v) is 81.8. The summed E-state index contributed by atoms with van der Waals surface area (Å²) in [4.78, 5) is 97.9. The van der Waals surface area contributed by atoms with Crippen molar-refractivity contribution in [3.05, 3.63) is 255 Å². The van der Waals surface area contributed by atoms with Crippen LogP contribution in [0.2, 0.25) is 5.02 Å². The molecule has 0 amide bonds. The molecule has 16 rings (SSSR count). The number of phenols is 2. The monoisotopic (exact) mass is 1840 g/mol. The Bertz CT molecular complexity index is 5020. The third kappa shape index (κ3) is 25.6. The first-order valence-electron chi connectivity index (χ1n) is 48.6. The molecule has 718 valence electrons. The number of benzene rings is 8. The summed E-state index contributed by atoms with van der Waals surface area (Å²) in [5.74, 6) is 5.22. The Balaban J connectivity index is 0.000000171. The second-order valence-electron chi connectivity index (χ2n) is 36.1. The van der Waals surface area contributed by atoms with E-state index in [1.807, 2.05) is 189 Å². The van der Waals surface area contributed by atoms with E-state index in [2.05, 4.69) is 80.6 Å². The minimum atomic E-state index is -0.586. The Morgan fingerprint density at radius 2 is 0.526 bits per heavy atom. The Kier molecular flexibility index (Phi) is 41.5. The molecule has 10 N–H and O–H groups in total. The van der Waals surface area contributed by atoms with Crippen LogP contribution in [-0.2, 0) is 82.7 Å². The first-order valence-corrected chi connectivity index (χ1v) is 49.0. The van der Waals surface area contributed by atoms with Crippen LogP contribution < -0.4 is 56.7 Å². The summed E-state index contributed by atoms with van der Waals surface area (Å²) < 4.78 is 15.6. The molecule has 0 bridgehead atoms. The van der Waals surface area contributed by atoms with Crippen molar-refractivity contribution < 1.29 is 62.8 Å². The zero-order valence-electron chi connectivity index (χ0n) is 81.1. The number of aryl methyl sites for hydroxylation is 1. The predicted molar refractivity (Wildman–Crippen MR) is 532 cm³/mol. The van der Waals surface area contributed by atoms with Gasteiger partial charge in [0.1, 0.15) is 73.1 Å². The number of methoxy groups -OCH3 is 3. The number of ketones is 8. The molecule has 0 heterocycles. The molecule has 133 heavy (non-hydrogen) atoms. The molecule has 0 aromatic heterocycles. The van der Waals surface area contributed by atoms with Gasteiger partial charge in [-0.3, -0.25) is 38.4 Å². The van der Waals surface area contributed by atoms with Gasteiger partial charge in [0.05, 0.1) is 21.3 Å². The second kappa shape index (κ2) is 51.7. The Morgan fingerprint density at radius 1 is 0.271 bits per heavy atom. The molecule has 8 fully saturated rings. The average molecular weight is 1840 g/mol. The lowest BCUT2D eigenvalue weighted by atomic mass is 9.74. The maximum atomic E-state index is 12.4. The topological polar surface area (TPSA) is 301 Å². The smallest absolute Gasteiger partial charge is 0.157 e. The Morgan fingerprint density at radius 3 is 0.835 bits per heavy atom. The number of phenolic OH excluding ortho intramolecular Hbond substituents is 2. The van der Waals surface area contributed by atoms with Gasteiger partial charge in [-0.15, -0.1) is 0 Å². The van der Waals surface area contributed by atoms with Gasteiger partial charge in [-0.05, 0) is 287 Å². The van der Waals surface area contributed by atoms with Crippen molar-refractivity contribution >= 4 is 57.9 Å². The summed E-state index contributed by atoms with van der Waals surface area (Å²) in [5, 5.41) is 46.0. The molecular weight excluding hydrogens is 1690 g/mol. The number of Topliss-reactive ketones (excluding diaryl/α,β-unsaturated/α-hetero) is 8. The minimum Gasteiger partial charge on any atom is -0.508 e. The van der Waals surface area contributed by atoms with Crippen molar-refractivity contribution in [2.24, 2.45) is 0 Å². The first-order chi connectivity index (χ1) is 64.2. The van der Waals surface area contributed by atoms with Crippen LogP contribution in [0.1, 0.15) is 276 Å². The van der Waals surface area contributed by atoms with E-state index in [1.165, 1.54) is 5.56 Å². The molecule has 21 nitrogen and oxygen atoms in total. The van der Waals surface area contributed by atoms with Crippen molar-refractivity contribution in [2.75, 3.05) is 76.2 Å². The van der Waals surface area contributed by atoms with Crippen molar-refractivity contribution in [1.29, 1.82) is 0 Å². The van der Waals surface area contributed by atoms with Crippen molar-refractivity contribution in [1.82, 2.24) is 42.5 Å². The normalized spacial score (nSPS) is 25.1. The van der Waals surface area contributed by atoms with Gasteiger partial charge in [-0.1, -0.05) is 211 Å². The van der Waals surface area contributed by atoms with Gasteiger partial charge in [0, 0.05) is 56.4 Å². The Hall–Kier alpha value is -9.91. The molecule has 0 radical (unpaired) electrons. The number of carbonyl (C=O) groups excluding carboxylic acids is 8. The number of aromatic hydroxyl groups is 2. The van der Waals surface area contributed by atoms with Crippen LogP contribution in [0.15, 0.2) is 200 Å². The lowest BCUT2D eigenvalue weighted by molar-refractivity contribution is -0.128. The number of nitrogens with one attached hydrogen (secondary N) is 8. The van der Waals surface area contributed by atoms with E-state index in [9.17, 15) is 48.6 Å². The fraction of sp³-hybridized carbons (Fsp3) is 0.495. The van der Waals surface area contributed by atoms with Gasteiger partial charge < -0.3 is 67.0 Å². The van der Waals surface area contributed by atoms with Gasteiger partial charge in [0.2, 0.25) is 0 Å². The summed E-state index contributed by atoms with van der Waals surface area (Å²) in [6.45, 7) is 10.6. The third-order valence-corrected chi connectivity index (χ3v) is 28.8. The zero-order chi connectivity index (χ0) is 96.1. The van der Waals surface area contributed by atoms with Crippen LogP contribution in [0.3, 0.4) is 0 Å². The molecule has 8 aromatic carbocycles. The fourth-order valence-electron chi connectivity index (χ4n) is 21.2. The molecule has 8 aliphatic rings. The summed E-state index contributed by atoms with van der Waals surface area (Å²) in [7, 11) is 14.2. The molecule has 0 unspecified atom stereocenters. The van der Waals surface area contributed by atoms with Crippen LogP contribution in [0.5, 0.6) is 28.7 Å². The van der Waals surface area contributed by atoms with Crippen molar-refractivity contribution in [3.8, 4) is 28.7 Å². The highest BCUT2D eigenvalue weighted by Gasteiger charge is 2.48. The highest BCUT2D eigenvalue weighted by Crippen LogP contribution is 2.44. The molecular formula is C111H149ClN8O13. The Labute approximate surface area is 796 Å². The second-order valence-corrected chi connectivity index (χ2v) is 36.5. The molecule has 8 aromatic rings. The maximum Gasteiger partial charge on any atom is 0.157 e. The van der Waals surface area contributed by atoms with E-state index in [-0.39, 0.29) is 28.8 Å². The highest BCUT2D eigenvalue weighted by molar-refractivity contribution is 6.30. The van der Waals surface area contributed by atoms with Crippen LogP contribution in [0.4, 0.5) is 0 Å². The van der Waals surface area contributed by atoms with E-state index in [0.717, 1.165) is 235 Å². The molecule has 22 heteroatoms. The fourth-order valence-corrected chi connectivity index (χ4v) is 21.4. The molecule has 8 atom stereocenters. The average Bonchev–Trinajstić information content (AvgIpc) is 0.775. The minimum absolute atomic E-state index is 0.213. The first kappa shape index (κ1) is 107. The molecule has 8 aliphatic carbocycles. The summed E-state index contributed by atoms with van der Waals surface area (Å²) in [6.07, 6.45) is 29.1. The van der Waals surface area contributed by atoms with E-state index in [0.29, 0.717) is 85.3 Å². The number of likely N-dealkylation sites (N-methyl/N-ethyl adjacent to an activating group) is 8. The summed E-state index contributed by atoms with van der Waals surface area (Å²) in [6, 6.07) is 63.5. The van der Waals surface area contributed by atoms with Gasteiger partial charge in [0.25, 0.3) is 0 Å². The molecule has 0 saturated heterocycles. The van der Waals surface area contributed by atoms with Gasteiger partial charge in [0.15, 0.2) is 46.3 Å². The van der Waals surface area contributed by atoms with Crippen LogP contribution in [0.25, 0.3) is 0 Å². The van der Waals surface area contributed by atoms with Crippen LogP contribution in [0, 0.1) is 6.92 Å². The number of ether oxygens (including phenoxy) is 3.